The molecule has 0 unspecified atom stereocenters. The average molecular weight is 372 g/mol. The molecule has 0 amide bonds. The van der Waals surface area contributed by atoms with E-state index in [1.807, 2.05) is 0 Å². The predicted molar refractivity (Wildman–Crippen MR) is 78.0 cm³/mol. The molecule has 1 aliphatic rings. The van der Waals surface area contributed by atoms with Gasteiger partial charge in [0.2, 0.25) is 0 Å². The van der Waals surface area contributed by atoms with Crippen LogP contribution >= 0.6 is 23.2 Å². The number of hydroxylamine groups is 2. The summed E-state index contributed by atoms with van der Waals surface area (Å²) in [6, 6.07) is 5.07. The Kier molecular flexibility index (Phi) is 6.13. The van der Waals surface area contributed by atoms with E-state index in [9.17, 15) is 18.0 Å². The molecule has 1 fully saturated rings. The molecule has 0 spiro atoms. The number of rotatable bonds is 4. The third-order valence-electron chi connectivity index (χ3n) is 3.25. The van der Waals surface area contributed by atoms with Crippen molar-refractivity contribution in [1.82, 2.24) is 5.06 Å². The highest BCUT2D eigenvalue weighted by Gasteiger charge is 2.43. The number of nitrogens with zero attached hydrogens (tertiary/aromatic N) is 1. The zero-order valence-corrected chi connectivity index (χ0v) is 13.4. The lowest BCUT2D eigenvalue weighted by Crippen LogP contribution is -2.41. The summed E-state index contributed by atoms with van der Waals surface area (Å²) < 4.78 is 42.0. The molecule has 4 nitrogen and oxygen atoms in total. The Morgan fingerprint density at radius 2 is 1.74 bits per heavy atom. The zero-order valence-electron chi connectivity index (χ0n) is 11.9. The third-order valence-corrected chi connectivity index (χ3v) is 3.69. The van der Waals surface area contributed by atoms with Crippen LogP contribution in [0.15, 0.2) is 18.2 Å². The molecule has 1 saturated heterocycles. The van der Waals surface area contributed by atoms with Crippen LogP contribution in [0.4, 0.5) is 13.2 Å². The topological polar surface area (TPSA) is 38.8 Å². The highest BCUT2D eigenvalue weighted by Crippen LogP contribution is 2.23. The summed E-state index contributed by atoms with van der Waals surface area (Å²) in [5.74, 6) is -2.20. The highest BCUT2D eigenvalue weighted by molar-refractivity contribution is 6.34. The van der Waals surface area contributed by atoms with Crippen molar-refractivity contribution in [3.8, 4) is 0 Å². The molecule has 0 aliphatic carbocycles. The molecular formula is C14H14Cl2F3NO3. The van der Waals surface area contributed by atoms with Crippen LogP contribution in [0, 0.1) is 0 Å². The third kappa shape index (κ3) is 5.84. The summed E-state index contributed by atoms with van der Waals surface area (Å²) in [4.78, 5) is 15.0. The van der Waals surface area contributed by atoms with Gasteiger partial charge >= 0.3 is 12.1 Å². The first-order valence-electron chi connectivity index (χ1n) is 6.84. The standard InChI is InChI=1S/C14H14Cl2F3NO3/c15-10-5-9(6-11(16)7-10)8-22-12-1-3-20(4-2-12)23-13(21)14(17,18)19/h5-7,12H,1-4,8H2. The number of hydrogen-bond acceptors (Lipinski definition) is 4. The maximum Gasteiger partial charge on any atom is 0.492 e. The largest absolute Gasteiger partial charge is 0.492 e. The lowest BCUT2D eigenvalue weighted by Gasteiger charge is -2.30. The fourth-order valence-electron chi connectivity index (χ4n) is 2.17. The molecular weight excluding hydrogens is 358 g/mol. The Morgan fingerprint density at radius 3 is 2.26 bits per heavy atom. The fraction of sp³-hybridized carbons (Fsp3) is 0.500. The van der Waals surface area contributed by atoms with Crippen LogP contribution in [0.1, 0.15) is 18.4 Å². The first-order valence-corrected chi connectivity index (χ1v) is 7.60. The van der Waals surface area contributed by atoms with E-state index in [1.165, 1.54) is 0 Å². The Labute approximate surface area is 141 Å². The molecule has 1 aromatic carbocycles. The first-order chi connectivity index (χ1) is 10.7. The number of ether oxygens (including phenoxy) is 1. The molecule has 0 aromatic heterocycles. The number of alkyl halides is 3. The van der Waals surface area contributed by atoms with Gasteiger partial charge in [-0.25, -0.2) is 4.79 Å². The van der Waals surface area contributed by atoms with Gasteiger partial charge in [0.15, 0.2) is 0 Å². The van der Waals surface area contributed by atoms with E-state index in [2.05, 4.69) is 4.84 Å². The van der Waals surface area contributed by atoms with Gasteiger partial charge in [-0.3, -0.25) is 0 Å². The Hall–Kier alpha value is -1.02. The van der Waals surface area contributed by atoms with Crippen molar-refractivity contribution in [2.45, 2.75) is 31.7 Å². The monoisotopic (exact) mass is 371 g/mol. The van der Waals surface area contributed by atoms with Gasteiger partial charge in [-0.2, -0.15) is 13.2 Å². The predicted octanol–water partition coefficient (Wildman–Crippen LogP) is 3.99. The molecule has 128 valence electrons. The van der Waals surface area contributed by atoms with E-state index in [0.717, 1.165) is 10.6 Å². The molecule has 9 heteroatoms. The second-order valence-corrected chi connectivity index (χ2v) is 5.97. The van der Waals surface area contributed by atoms with Crippen LogP contribution in [-0.4, -0.2) is 36.4 Å². The van der Waals surface area contributed by atoms with E-state index in [0.29, 0.717) is 29.5 Å². The minimum Gasteiger partial charge on any atom is -0.373 e. The number of hydrogen-bond donors (Lipinski definition) is 0. The van der Waals surface area contributed by atoms with Crippen LogP contribution < -0.4 is 0 Å². The van der Waals surface area contributed by atoms with Crippen LogP contribution in [-0.2, 0) is 21.0 Å². The normalized spacial score (nSPS) is 17.3. The minimum absolute atomic E-state index is 0.131. The summed E-state index contributed by atoms with van der Waals surface area (Å²) >= 11 is 11.8. The van der Waals surface area contributed by atoms with Crippen LogP contribution in [0.25, 0.3) is 0 Å². The lowest BCUT2D eigenvalue weighted by atomic mass is 10.1. The molecule has 1 aliphatic heterocycles. The van der Waals surface area contributed by atoms with Crippen LogP contribution in [0.3, 0.4) is 0 Å². The van der Waals surface area contributed by atoms with Gasteiger partial charge < -0.3 is 9.57 Å². The number of halogens is 5. The summed E-state index contributed by atoms with van der Waals surface area (Å²) in [6.45, 7) is 0.666. The summed E-state index contributed by atoms with van der Waals surface area (Å²) in [5.41, 5.74) is 0.813. The van der Waals surface area contributed by atoms with E-state index >= 15 is 0 Å². The lowest BCUT2D eigenvalue weighted by molar-refractivity contribution is -0.244. The molecule has 0 atom stereocenters. The highest BCUT2D eigenvalue weighted by atomic mass is 35.5. The summed E-state index contributed by atoms with van der Waals surface area (Å²) in [6.07, 6.45) is -4.20. The molecule has 0 radical (unpaired) electrons. The maximum atomic E-state index is 12.1. The smallest absolute Gasteiger partial charge is 0.373 e. The number of carbonyl (C=O) groups is 1. The molecule has 0 saturated carbocycles. The van der Waals surface area contributed by atoms with Crippen molar-refractivity contribution in [3.05, 3.63) is 33.8 Å². The summed E-state index contributed by atoms with van der Waals surface area (Å²) in [5, 5.41) is 2.02. The van der Waals surface area contributed by atoms with Gasteiger partial charge in [0, 0.05) is 23.1 Å². The van der Waals surface area contributed by atoms with Crippen molar-refractivity contribution in [2.24, 2.45) is 0 Å². The second kappa shape index (κ2) is 7.70. The van der Waals surface area contributed by atoms with Crippen LogP contribution in [0.5, 0.6) is 0 Å². The van der Waals surface area contributed by atoms with E-state index in [-0.39, 0.29) is 19.2 Å². The number of benzene rings is 1. The zero-order chi connectivity index (χ0) is 17.0. The SMILES string of the molecule is O=C(ON1CCC(OCc2cc(Cl)cc(Cl)c2)CC1)C(F)(F)F. The molecule has 23 heavy (non-hydrogen) atoms. The molecule has 1 aromatic rings. The van der Waals surface area contributed by atoms with Crippen molar-refractivity contribution in [2.75, 3.05) is 13.1 Å². The molecule has 2 rings (SSSR count). The minimum atomic E-state index is -4.99. The van der Waals surface area contributed by atoms with Gasteiger partial charge in [-0.15, -0.1) is 5.06 Å². The maximum absolute atomic E-state index is 12.1. The quantitative estimate of drug-likeness (QED) is 0.801. The van der Waals surface area contributed by atoms with Crippen molar-refractivity contribution in [3.63, 3.8) is 0 Å². The molecule has 0 bridgehead atoms. The summed E-state index contributed by atoms with van der Waals surface area (Å²) in [7, 11) is 0. The average Bonchev–Trinajstić information content (AvgIpc) is 2.44. The second-order valence-electron chi connectivity index (χ2n) is 5.09. The van der Waals surface area contributed by atoms with Gasteiger partial charge in [-0.05, 0) is 36.6 Å². The number of carbonyl (C=O) groups excluding carboxylic acids is 1. The molecule has 1 heterocycles. The Balaban J connectivity index is 1.75. The van der Waals surface area contributed by atoms with E-state index < -0.39 is 12.1 Å². The van der Waals surface area contributed by atoms with E-state index in [1.54, 1.807) is 18.2 Å². The van der Waals surface area contributed by atoms with Crippen molar-refractivity contribution >= 4 is 29.2 Å². The fourth-order valence-corrected chi connectivity index (χ4v) is 2.74. The van der Waals surface area contributed by atoms with Gasteiger partial charge in [-0.1, -0.05) is 23.2 Å². The Morgan fingerprint density at radius 1 is 1.17 bits per heavy atom. The van der Waals surface area contributed by atoms with E-state index in [4.69, 9.17) is 27.9 Å². The van der Waals surface area contributed by atoms with Crippen molar-refractivity contribution < 1.29 is 27.5 Å². The van der Waals surface area contributed by atoms with Gasteiger partial charge in [0.05, 0.1) is 12.7 Å². The number of piperidine rings is 1. The van der Waals surface area contributed by atoms with Crippen molar-refractivity contribution in [1.29, 1.82) is 0 Å². The Bertz CT molecular complexity index is 540. The van der Waals surface area contributed by atoms with Gasteiger partial charge in [0.1, 0.15) is 0 Å². The molecule has 0 N–H and O–H groups in total. The first kappa shape index (κ1) is 18.3. The van der Waals surface area contributed by atoms with Gasteiger partial charge in [0.25, 0.3) is 0 Å². The van der Waals surface area contributed by atoms with Crippen LogP contribution in [0.2, 0.25) is 10.0 Å².